The van der Waals surface area contributed by atoms with Gasteiger partial charge in [-0.15, -0.1) is 0 Å². The molecule has 5 heteroatoms. The standard InChI is InChI=1S/C10H14N4S/c1-7(13-14-10(15)12-2)8-4-3-5-9(11)6-8/h3-6H,11H2,1-2H3,(H2,12,14,15)/b13-7-. The highest BCUT2D eigenvalue weighted by Crippen LogP contribution is 2.07. The molecule has 0 bridgehead atoms. The summed E-state index contributed by atoms with van der Waals surface area (Å²) in [6.45, 7) is 1.89. The number of nitrogens with two attached hydrogens (primary N) is 1. The Labute approximate surface area is 94.6 Å². The van der Waals surface area contributed by atoms with Crippen LogP contribution in [0.4, 0.5) is 5.69 Å². The molecule has 0 aromatic heterocycles. The van der Waals surface area contributed by atoms with Crippen LogP contribution in [0.25, 0.3) is 0 Å². The molecule has 0 spiro atoms. The van der Waals surface area contributed by atoms with Gasteiger partial charge in [-0.2, -0.15) is 5.10 Å². The van der Waals surface area contributed by atoms with Gasteiger partial charge in [0.15, 0.2) is 5.11 Å². The number of nitrogen functional groups attached to an aromatic ring is 1. The van der Waals surface area contributed by atoms with Gasteiger partial charge in [-0.1, -0.05) is 12.1 Å². The first-order valence-electron chi connectivity index (χ1n) is 4.51. The van der Waals surface area contributed by atoms with Crippen molar-refractivity contribution in [3.05, 3.63) is 29.8 Å². The molecule has 0 heterocycles. The lowest BCUT2D eigenvalue weighted by molar-refractivity contribution is 0.974. The Morgan fingerprint density at radius 3 is 2.80 bits per heavy atom. The van der Waals surface area contributed by atoms with Crippen molar-refractivity contribution in [3.8, 4) is 0 Å². The summed E-state index contributed by atoms with van der Waals surface area (Å²) in [5.41, 5.74) is 10.9. The molecule has 0 aliphatic heterocycles. The number of hydrazone groups is 1. The van der Waals surface area contributed by atoms with Crippen molar-refractivity contribution < 1.29 is 0 Å². The number of anilines is 1. The maximum atomic E-state index is 5.66. The predicted molar refractivity (Wildman–Crippen MR) is 67.9 cm³/mol. The first-order chi connectivity index (χ1) is 7.13. The number of thiocarbonyl (C=S) groups is 1. The molecular weight excluding hydrogens is 208 g/mol. The third kappa shape index (κ3) is 3.55. The summed E-state index contributed by atoms with van der Waals surface area (Å²) in [6.07, 6.45) is 0. The molecule has 0 amide bonds. The zero-order chi connectivity index (χ0) is 11.3. The average molecular weight is 222 g/mol. The van der Waals surface area contributed by atoms with Crippen molar-refractivity contribution in [2.45, 2.75) is 6.92 Å². The molecule has 0 unspecified atom stereocenters. The van der Waals surface area contributed by atoms with E-state index in [4.69, 9.17) is 18.0 Å². The highest BCUT2D eigenvalue weighted by molar-refractivity contribution is 7.80. The summed E-state index contributed by atoms with van der Waals surface area (Å²) < 4.78 is 0. The van der Waals surface area contributed by atoms with Crippen LogP contribution in [0.15, 0.2) is 29.4 Å². The lowest BCUT2D eigenvalue weighted by Gasteiger charge is -2.04. The Bertz CT molecular complexity index is 387. The van der Waals surface area contributed by atoms with E-state index in [9.17, 15) is 0 Å². The molecule has 0 saturated heterocycles. The number of benzene rings is 1. The second kappa shape index (κ2) is 5.31. The van der Waals surface area contributed by atoms with Crippen LogP contribution in [-0.4, -0.2) is 17.9 Å². The lowest BCUT2D eigenvalue weighted by atomic mass is 10.1. The summed E-state index contributed by atoms with van der Waals surface area (Å²) in [5.74, 6) is 0. The quantitative estimate of drug-likeness (QED) is 0.303. The molecular formula is C10H14N4S. The monoisotopic (exact) mass is 222 g/mol. The fourth-order valence-electron chi connectivity index (χ4n) is 1.02. The minimum atomic E-state index is 0.484. The molecule has 0 fully saturated rings. The summed E-state index contributed by atoms with van der Waals surface area (Å²) in [5, 5.41) is 7.37. The topological polar surface area (TPSA) is 62.4 Å². The zero-order valence-corrected chi connectivity index (χ0v) is 9.56. The largest absolute Gasteiger partial charge is 0.399 e. The van der Waals surface area contributed by atoms with Gasteiger partial charge in [-0.05, 0) is 36.8 Å². The summed E-state index contributed by atoms with van der Waals surface area (Å²) in [7, 11) is 1.74. The van der Waals surface area contributed by atoms with Gasteiger partial charge in [0, 0.05) is 12.7 Å². The SMILES string of the molecule is CNC(=S)N/N=C(/C)c1cccc(N)c1. The Morgan fingerprint density at radius 1 is 1.47 bits per heavy atom. The highest BCUT2D eigenvalue weighted by atomic mass is 32.1. The maximum absolute atomic E-state index is 5.66. The molecule has 1 rings (SSSR count). The molecule has 1 aromatic rings. The summed E-state index contributed by atoms with van der Waals surface area (Å²) >= 11 is 4.90. The number of rotatable bonds is 2. The van der Waals surface area contributed by atoms with Crippen LogP contribution >= 0.6 is 12.2 Å². The van der Waals surface area contributed by atoms with E-state index in [0.717, 1.165) is 17.0 Å². The van der Waals surface area contributed by atoms with E-state index in [0.29, 0.717) is 5.11 Å². The van der Waals surface area contributed by atoms with Gasteiger partial charge >= 0.3 is 0 Å². The Kier molecular flexibility index (Phi) is 4.05. The van der Waals surface area contributed by atoms with Crippen molar-refractivity contribution in [3.63, 3.8) is 0 Å². The smallest absolute Gasteiger partial charge is 0.186 e. The van der Waals surface area contributed by atoms with Gasteiger partial charge in [0.05, 0.1) is 5.71 Å². The molecule has 0 radical (unpaired) electrons. The van der Waals surface area contributed by atoms with Crippen LogP contribution in [0.2, 0.25) is 0 Å². The minimum absolute atomic E-state index is 0.484. The fourth-order valence-corrected chi connectivity index (χ4v) is 1.06. The minimum Gasteiger partial charge on any atom is -0.399 e. The maximum Gasteiger partial charge on any atom is 0.186 e. The van der Waals surface area contributed by atoms with E-state index < -0.39 is 0 Å². The van der Waals surface area contributed by atoms with Crippen molar-refractivity contribution in [1.82, 2.24) is 10.7 Å². The first-order valence-corrected chi connectivity index (χ1v) is 4.92. The second-order valence-corrected chi connectivity index (χ2v) is 3.42. The predicted octanol–water partition coefficient (Wildman–Crippen LogP) is 1.09. The molecule has 15 heavy (non-hydrogen) atoms. The third-order valence-corrected chi connectivity index (χ3v) is 2.15. The van der Waals surface area contributed by atoms with E-state index in [-0.39, 0.29) is 0 Å². The van der Waals surface area contributed by atoms with Crippen LogP contribution in [0.3, 0.4) is 0 Å². The van der Waals surface area contributed by atoms with Gasteiger partial charge in [-0.3, -0.25) is 5.43 Å². The molecule has 4 nitrogen and oxygen atoms in total. The van der Waals surface area contributed by atoms with Gasteiger partial charge < -0.3 is 11.1 Å². The normalized spacial score (nSPS) is 10.9. The van der Waals surface area contributed by atoms with Crippen LogP contribution in [-0.2, 0) is 0 Å². The number of hydrogen-bond acceptors (Lipinski definition) is 3. The van der Waals surface area contributed by atoms with Gasteiger partial charge in [0.1, 0.15) is 0 Å². The van der Waals surface area contributed by atoms with E-state index in [1.54, 1.807) is 7.05 Å². The Morgan fingerprint density at radius 2 is 2.20 bits per heavy atom. The van der Waals surface area contributed by atoms with Gasteiger partial charge in [-0.25, -0.2) is 0 Å². The van der Waals surface area contributed by atoms with Gasteiger partial charge in [0.2, 0.25) is 0 Å². The average Bonchev–Trinajstić information content (AvgIpc) is 2.25. The Hall–Kier alpha value is -1.62. The van der Waals surface area contributed by atoms with Crippen LogP contribution < -0.4 is 16.5 Å². The molecule has 80 valence electrons. The second-order valence-electron chi connectivity index (χ2n) is 3.01. The van der Waals surface area contributed by atoms with E-state index in [2.05, 4.69) is 15.8 Å². The van der Waals surface area contributed by atoms with E-state index >= 15 is 0 Å². The van der Waals surface area contributed by atoms with Crippen molar-refractivity contribution in [2.75, 3.05) is 12.8 Å². The lowest BCUT2D eigenvalue weighted by Crippen LogP contribution is -2.29. The molecule has 4 N–H and O–H groups in total. The molecule has 0 aliphatic rings. The highest BCUT2D eigenvalue weighted by Gasteiger charge is 1.97. The van der Waals surface area contributed by atoms with Gasteiger partial charge in [0.25, 0.3) is 0 Å². The number of nitrogens with zero attached hydrogens (tertiary/aromatic N) is 1. The fraction of sp³-hybridized carbons (Fsp3) is 0.200. The van der Waals surface area contributed by atoms with Crippen LogP contribution in [0, 0.1) is 0 Å². The van der Waals surface area contributed by atoms with Crippen molar-refractivity contribution in [1.29, 1.82) is 0 Å². The Balaban J connectivity index is 2.75. The third-order valence-electron chi connectivity index (χ3n) is 1.86. The van der Waals surface area contributed by atoms with Crippen LogP contribution in [0.1, 0.15) is 12.5 Å². The molecule has 0 aliphatic carbocycles. The van der Waals surface area contributed by atoms with Crippen molar-refractivity contribution >= 4 is 28.7 Å². The molecule has 0 atom stereocenters. The zero-order valence-electron chi connectivity index (χ0n) is 8.74. The van der Waals surface area contributed by atoms with E-state index in [1.165, 1.54) is 0 Å². The summed E-state index contributed by atoms with van der Waals surface area (Å²) in [6, 6.07) is 7.53. The van der Waals surface area contributed by atoms with Crippen molar-refractivity contribution in [2.24, 2.45) is 5.10 Å². The molecule has 0 saturated carbocycles. The first kappa shape index (κ1) is 11.5. The number of hydrogen-bond donors (Lipinski definition) is 3. The summed E-state index contributed by atoms with van der Waals surface area (Å²) in [4.78, 5) is 0. The van der Waals surface area contributed by atoms with Crippen LogP contribution in [0.5, 0.6) is 0 Å². The van der Waals surface area contributed by atoms with E-state index in [1.807, 2.05) is 31.2 Å². The molecule has 1 aromatic carbocycles. The number of nitrogens with one attached hydrogen (secondary N) is 2.